The highest BCUT2D eigenvalue weighted by Crippen LogP contribution is 2.19. The van der Waals surface area contributed by atoms with Gasteiger partial charge in [-0.2, -0.15) is 0 Å². The molecule has 0 spiro atoms. The lowest BCUT2D eigenvalue weighted by Gasteiger charge is -2.15. The van der Waals surface area contributed by atoms with E-state index >= 15 is 0 Å². The molecule has 2 nitrogen and oxygen atoms in total. The van der Waals surface area contributed by atoms with Crippen LogP contribution < -0.4 is 5.32 Å². The van der Waals surface area contributed by atoms with E-state index in [1.165, 1.54) is 4.90 Å². The fraction of sp³-hybridized carbons (Fsp3) is 0.235. The molecular formula is C17H19NOS. The van der Waals surface area contributed by atoms with Gasteiger partial charge in [0.15, 0.2) is 0 Å². The van der Waals surface area contributed by atoms with Crippen molar-refractivity contribution < 1.29 is 4.79 Å². The number of nitrogens with one attached hydrogen (secondary N) is 1. The minimum absolute atomic E-state index is 0.000269. The van der Waals surface area contributed by atoms with Crippen molar-refractivity contribution in [1.29, 1.82) is 0 Å². The minimum Gasteiger partial charge on any atom is -0.346 e. The Morgan fingerprint density at radius 3 is 2.20 bits per heavy atom. The summed E-state index contributed by atoms with van der Waals surface area (Å²) < 4.78 is 0. The van der Waals surface area contributed by atoms with Crippen LogP contribution in [0.25, 0.3) is 0 Å². The molecule has 1 atom stereocenters. The van der Waals surface area contributed by atoms with Gasteiger partial charge in [0.1, 0.15) is 0 Å². The lowest BCUT2D eigenvalue weighted by Crippen LogP contribution is -2.26. The number of benzene rings is 2. The van der Waals surface area contributed by atoms with E-state index in [1.807, 2.05) is 38.1 Å². The summed E-state index contributed by atoms with van der Waals surface area (Å²) in [5.74, 6) is -0.0357. The first-order valence-corrected chi connectivity index (χ1v) is 7.84. The number of hydrogen-bond acceptors (Lipinski definition) is 2. The molecule has 1 amide bonds. The van der Waals surface area contributed by atoms with E-state index in [-0.39, 0.29) is 11.9 Å². The Morgan fingerprint density at radius 2 is 1.65 bits per heavy atom. The SMILES string of the molecule is CSc1ccc(C(C)NC(=O)c2ccc(C)cc2)cc1. The topological polar surface area (TPSA) is 29.1 Å². The van der Waals surface area contributed by atoms with Crippen LogP contribution in [0, 0.1) is 6.92 Å². The molecule has 0 aliphatic rings. The van der Waals surface area contributed by atoms with Crippen molar-refractivity contribution in [3.63, 3.8) is 0 Å². The Labute approximate surface area is 124 Å². The van der Waals surface area contributed by atoms with Crippen LogP contribution in [0.1, 0.15) is 34.5 Å². The third kappa shape index (κ3) is 3.64. The summed E-state index contributed by atoms with van der Waals surface area (Å²) in [4.78, 5) is 13.4. The quantitative estimate of drug-likeness (QED) is 0.853. The lowest BCUT2D eigenvalue weighted by molar-refractivity contribution is 0.0940. The molecule has 1 N–H and O–H groups in total. The number of hydrogen-bond donors (Lipinski definition) is 1. The van der Waals surface area contributed by atoms with Crippen molar-refractivity contribution in [2.45, 2.75) is 24.8 Å². The Kier molecular flexibility index (Phi) is 4.85. The third-order valence-corrected chi connectivity index (χ3v) is 4.02. The van der Waals surface area contributed by atoms with Crippen molar-refractivity contribution >= 4 is 17.7 Å². The summed E-state index contributed by atoms with van der Waals surface area (Å²) in [5.41, 5.74) is 2.97. The number of carbonyl (C=O) groups excluding carboxylic acids is 1. The van der Waals surface area contributed by atoms with E-state index in [0.29, 0.717) is 5.56 Å². The van der Waals surface area contributed by atoms with Crippen LogP contribution in [0.4, 0.5) is 0 Å². The molecule has 0 radical (unpaired) electrons. The van der Waals surface area contributed by atoms with Crippen LogP contribution in [-0.2, 0) is 0 Å². The Morgan fingerprint density at radius 1 is 1.05 bits per heavy atom. The van der Waals surface area contributed by atoms with Crippen LogP contribution in [0.15, 0.2) is 53.4 Å². The van der Waals surface area contributed by atoms with Gasteiger partial charge < -0.3 is 5.32 Å². The molecule has 0 aliphatic carbocycles. The maximum absolute atomic E-state index is 12.1. The highest BCUT2D eigenvalue weighted by Gasteiger charge is 2.11. The zero-order valence-corrected chi connectivity index (χ0v) is 12.8. The summed E-state index contributed by atoms with van der Waals surface area (Å²) in [5, 5.41) is 3.02. The molecule has 0 fully saturated rings. The molecule has 0 heterocycles. The Hall–Kier alpha value is -1.74. The average Bonchev–Trinajstić information content (AvgIpc) is 2.48. The normalized spacial score (nSPS) is 11.9. The Balaban J connectivity index is 2.04. The van der Waals surface area contributed by atoms with Gasteiger partial charge in [-0.05, 0) is 49.9 Å². The predicted molar refractivity (Wildman–Crippen MR) is 85.3 cm³/mol. The van der Waals surface area contributed by atoms with Crippen LogP contribution in [0.2, 0.25) is 0 Å². The second kappa shape index (κ2) is 6.62. The standard InChI is InChI=1S/C17H19NOS/c1-12-4-6-15(7-5-12)17(19)18-13(2)14-8-10-16(20-3)11-9-14/h4-11,13H,1-3H3,(H,18,19). The van der Waals surface area contributed by atoms with Gasteiger partial charge in [0.05, 0.1) is 6.04 Å². The molecule has 0 saturated heterocycles. The van der Waals surface area contributed by atoms with Gasteiger partial charge in [0, 0.05) is 10.5 Å². The number of thioether (sulfide) groups is 1. The van der Waals surface area contributed by atoms with Gasteiger partial charge >= 0.3 is 0 Å². The number of aryl methyl sites for hydroxylation is 1. The van der Waals surface area contributed by atoms with E-state index in [0.717, 1.165) is 11.1 Å². The first-order valence-electron chi connectivity index (χ1n) is 6.61. The highest BCUT2D eigenvalue weighted by molar-refractivity contribution is 7.98. The van der Waals surface area contributed by atoms with E-state index < -0.39 is 0 Å². The summed E-state index contributed by atoms with van der Waals surface area (Å²) >= 11 is 1.71. The molecule has 20 heavy (non-hydrogen) atoms. The van der Waals surface area contributed by atoms with E-state index in [1.54, 1.807) is 11.8 Å². The van der Waals surface area contributed by atoms with Gasteiger partial charge in [-0.3, -0.25) is 4.79 Å². The average molecular weight is 285 g/mol. The first-order chi connectivity index (χ1) is 9.60. The Bertz CT molecular complexity index is 575. The van der Waals surface area contributed by atoms with Crippen LogP contribution >= 0.6 is 11.8 Å². The van der Waals surface area contributed by atoms with Crippen molar-refractivity contribution in [2.75, 3.05) is 6.26 Å². The van der Waals surface area contributed by atoms with Gasteiger partial charge in [-0.15, -0.1) is 11.8 Å². The largest absolute Gasteiger partial charge is 0.346 e. The fourth-order valence-electron chi connectivity index (χ4n) is 1.96. The summed E-state index contributed by atoms with van der Waals surface area (Å²) in [6.45, 7) is 4.01. The molecule has 104 valence electrons. The number of carbonyl (C=O) groups is 1. The summed E-state index contributed by atoms with van der Waals surface area (Å²) in [6.07, 6.45) is 2.05. The molecule has 1 unspecified atom stereocenters. The third-order valence-electron chi connectivity index (χ3n) is 3.28. The molecule has 2 aromatic carbocycles. The molecular weight excluding hydrogens is 266 g/mol. The highest BCUT2D eigenvalue weighted by atomic mass is 32.2. The van der Waals surface area contributed by atoms with Crippen molar-refractivity contribution in [3.8, 4) is 0 Å². The van der Waals surface area contributed by atoms with E-state index in [4.69, 9.17) is 0 Å². The van der Waals surface area contributed by atoms with Gasteiger partial charge in [0.2, 0.25) is 0 Å². The first kappa shape index (κ1) is 14.7. The van der Waals surface area contributed by atoms with Crippen LogP contribution in [0.3, 0.4) is 0 Å². The predicted octanol–water partition coefficient (Wildman–Crippen LogP) is 4.21. The maximum atomic E-state index is 12.1. The van der Waals surface area contributed by atoms with Gasteiger partial charge in [-0.25, -0.2) is 0 Å². The van der Waals surface area contributed by atoms with Crippen LogP contribution in [-0.4, -0.2) is 12.2 Å². The molecule has 0 aromatic heterocycles. The molecule has 0 aliphatic heterocycles. The smallest absolute Gasteiger partial charge is 0.251 e. The molecule has 0 saturated carbocycles. The zero-order chi connectivity index (χ0) is 14.5. The van der Waals surface area contributed by atoms with Crippen molar-refractivity contribution in [2.24, 2.45) is 0 Å². The lowest BCUT2D eigenvalue weighted by atomic mass is 10.1. The minimum atomic E-state index is -0.0357. The zero-order valence-electron chi connectivity index (χ0n) is 12.0. The summed E-state index contributed by atoms with van der Waals surface area (Å²) in [6, 6.07) is 15.9. The van der Waals surface area contributed by atoms with Gasteiger partial charge in [-0.1, -0.05) is 29.8 Å². The fourth-order valence-corrected chi connectivity index (χ4v) is 2.37. The summed E-state index contributed by atoms with van der Waals surface area (Å²) in [7, 11) is 0. The molecule has 0 bridgehead atoms. The number of amides is 1. The monoisotopic (exact) mass is 285 g/mol. The van der Waals surface area contributed by atoms with E-state index in [2.05, 4.69) is 35.8 Å². The molecule has 3 heteroatoms. The van der Waals surface area contributed by atoms with Crippen molar-refractivity contribution in [3.05, 3.63) is 65.2 Å². The second-order valence-corrected chi connectivity index (χ2v) is 5.71. The second-order valence-electron chi connectivity index (χ2n) is 4.83. The maximum Gasteiger partial charge on any atom is 0.251 e. The molecule has 2 aromatic rings. The number of rotatable bonds is 4. The van der Waals surface area contributed by atoms with Crippen molar-refractivity contribution in [1.82, 2.24) is 5.32 Å². The van der Waals surface area contributed by atoms with Gasteiger partial charge in [0.25, 0.3) is 5.91 Å². The van der Waals surface area contributed by atoms with E-state index in [9.17, 15) is 4.79 Å². The molecule has 2 rings (SSSR count). The van der Waals surface area contributed by atoms with Crippen LogP contribution in [0.5, 0.6) is 0 Å².